The lowest BCUT2D eigenvalue weighted by Gasteiger charge is -2.34. The molecular formula is C18H23N3O3. The third kappa shape index (κ3) is 3.09. The van der Waals surface area contributed by atoms with Crippen LogP contribution in [0.4, 0.5) is 0 Å². The van der Waals surface area contributed by atoms with Crippen molar-refractivity contribution >= 4 is 0 Å². The fraction of sp³-hybridized carbons (Fsp3) is 0.556. The van der Waals surface area contributed by atoms with Gasteiger partial charge in [0.05, 0.1) is 25.2 Å². The Balaban J connectivity index is 1.59. The van der Waals surface area contributed by atoms with E-state index in [1.807, 2.05) is 6.07 Å². The molecule has 0 amide bonds. The van der Waals surface area contributed by atoms with E-state index in [0.29, 0.717) is 6.54 Å². The summed E-state index contributed by atoms with van der Waals surface area (Å²) in [5, 5.41) is 4.25. The zero-order valence-electron chi connectivity index (χ0n) is 13.8. The number of hydrogen-bond donors (Lipinski definition) is 0. The standard InChI is InChI=1S/C18H23N3O3/c1-2-4-15(5-3-1)18(6-10-22-11-7-18)17-19-16(20-24-17)14-21-8-12-23-13-9-21/h1-5H,6-14H2. The van der Waals surface area contributed by atoms with Crippen molar-refractivity contribution in [1.29, 1.82) is 0 Å². The molecule has 0 radical (unpaired) electrons. The summed E-state index contributed by atoms with van der Waals surface area (Å²) < 4.78 is 16.7. The molecule has 0 spiro atoms. The summed E-state index contributed by atoms with van der Waals surface area (Å²) in [7, 11) is 0. The smallest absolute Gasteiger partial charge is 0.237 e. The molecule has 3 heterocycles. The largest absolute Gasteiger partial charge is 0.381 e. The van der Waals surface area contributed by atoms with E-state index in [0.717, 1.165) is 64.1 Å². The number of ether oxygens (including phenoxy) is 2. The Hall–Kier alpha value is -1.76. The van der Waals surface area contributed by atoms with Gasteiger partial charge in [0.2, 0.25) is 5.89 Å². The second kappa shape index (κ2) is 7.01. The Morgan fingerprint density at radius 3 is 2.42 bits per heavy atom. The maximum Gasteiger partial charge on any atom is 0.237 e. The summed E-state index contributed by atoms with van der Waals surface area (Å²) in [5.74, 6) is 1.48. The van der Waals surface area contributed by atoms with Crippen LogP contribution in [0.5, 0.6) is 0 Å². The number of morpholine rings is 1. The quantitative estimate of drug-likeness (QED) is 0.855. The lowest BCUT2D eigenvalue weighted by Crippen LogP contribution is -2.36. The van der Waals surface area contributed by atoms with Crippen molar-refractivity contribution in [1.82, 2.24) is 15.0 Å². The van der Waals surface area contributed by atoms with Crippen LogP contribution in [0.2, 0.25) is 0 Å². The van der Waals surface area contributed by atoms with Crippen molar-refractivity contribution in [3.8, 4) is 0 Å². The molecule has 0 unspecified atom stereocenters. The Bertz CT molecular complexity index is 647. The van der Waals surface area contributed by atoms with Gasteiger partial charge in [-0.15, -0.1) is 0 Å². The highest BCUT2D eigenvalue weighted by molar-refractivity contribution is 5.32. The number of rotatable bonds is 4. The molecule has 2 saturated heterocycles. The molecule has 6 heteroatoms. The molecule has 0 atom stereocenters. The van der Waals surface area contributed by atoms with E-state index < -0.39 is 0 Å². The molecule has 2 aliphatic heterocycles. The van der Waals surface area contributed by atoms with Gasteiger partial charge in [-0.25, -0.2) is 0 Å². The normalized spacial score (nSPS) is 21.7. The summed E-state index contributed by atoms with van der Waals surface area (Å²) in [6.07, 6.45) is 1.74. The third-order valence-corrected chi connectivity index (χ3v) is 5.02. The van der Waals surface area contributed by atoms with E-state index >= 15 is 0 Å². The van der Waals surface area contributed by atoms with Gasteiger partial charge in [0, 0.05) is 26.3 Å². The van der Waals surface area contributed by atoms with Crippen molar-refractivity contribution < 1.29 is 14.0 Å². The first kappa shape index (κ1) is 15.7. The van der Waals surface area contributed by atoms with Crippen LogP contribution in [0, 0.1) is 0 Å². The van der Waals surface area contributed by atoms with Crippen LogP contribution in [-0.4, -0.2) is 54.6 Å². The predicted molar refractivity (Wildman–Crippen MR) is 87.7 cm³/mol. The van der Waals surface area contributed by atoms with Gasteiger partial charge in [-0.2, -0.15) is 4.98 Å². The molecule has 4 rings (SSSR count). The van der Waals surface area contributed by atoms with Crippen LogP contribution in [0.3, 0.4) is 0 Å². The van der Waals surface area contributed by atoms with E-state index in [2.05, 4.69) is 34.3 Å². The Morgan fingerprint density at radius 2 is 1.67 bits per heavy atom. The predicted octanol–water partition coefficient (Wildman–Crippen LogP) is 2.00. The van der Waals surface area contributed by atoms with Gasteiger partial charge in [0.25, 0.3) is 0 Å². The zero-order chi connectivity index (χ0) is 16.2. The molecule has 0 aliphatic carbocycles. The van der Waals surface area contributed by atoms with E-state index in [1.54, 1.807) is 0 Å². The van der Waals surface area contributed by atoms with E-state index in [4.69, 9.17) is 19.0 Å². The second-order valence-corrected chi connectivity index (χ2v) is 6.46. The van der Waals surface area contributed by atoms with Crippen molar-refractivity contribution in [2.24, 2.45) is 0 Å². The molecular weight excluding hydrogens is 306 g/mol. The summed E-state index contributed by atoms with van der Waals surface area (Å²) >= 11 is 0. The second-order valence-electron chi connectivity index (χ2n) is 6.46. The Morgan fingerprint density at radius 1 is 0.958 bits per heavy atom. The minimum atomic E-state index is -0.226. The third-order valence-electron chi connectivity index (χ3n) is 5.02. The summed E-state index contributed by atoms with van der Waals surface area (Å²) in [4.78, 5) is 7.06. The molecule has 2 aromatic rings. The van der Waals surface area contributed by atoms with E-state index in [9.17, 15) is 0 Å². The first-order valence-corrected chi connectivity index (χ1v) is 8.63. The van der Waals surface area contributed by atoms with Gasteiger partial charge in [-0.05, 0) is 18.4 Å². The maximum atomic E-state index is 5.73. The van der Waals surface area contributed by atoms with Crippen LogP contribution < -0.4 is 0 Å². The molecule has 128 valence electrons. The number of aromatic nitrogens is 2. The first-order chi connectivity index (χ1) is 11.9. The monoisotopic (exact) mass is 329 g/mol. The topological polar surface area (TPSA) is 60.6 Å². The molecule has 6 nitrogen and oxygen atoms in total. The van der Waals surface area contributed by atoms with E-state index in [-0.39, 0.29) is 5.41 Å². The Kier molecular flexibility index (Phi) is 4.60. The molecule has 0 saturated carbocycles. The summed E-state index contributed by atoms with van der Waals surface area (Å²) in [5.41, 5.74) is 1.00. The highest BCUT2D eigenvalue weighted by Gasteiger charge is 2.41. The molecule has 2 fully saturated rings. The minimum absolute atomic E-state index is 0.226. The number of nitrogens with zero attached hydrogens (tertiary/aromatic N) is 3. The van der Waals surface area contributed by atoms with Gasteiger partial charge in [0.1, 0.15) is 0 Å². The SMILES string of the molecule is c1ccc(C2(c3nc(CN4CCOCC4)no3)CCOCC2)cc1. The molecule has 0 N–H and O–H groups in total. The number of benzene rings is 1. The lowest BCUT2D eigenvalue weighted by atomic mass is 9.74. The summed E-state index contributed by atoms with van der Waals surface area (Å²) in [6.45, 7) is 5.54. The van der Waals surface area contributed by atoms with Crippen LogP contribution in [0.15, 0.2) is 34.9 Å². The van der Waals surface area contributed by atoms with Crippen LogP contribution in [0.1, 0.15) is 30.1 Å². The van der Waals surface area contributed by atoms with Gasteiger partial charge in [-0.3, -0.25) is 4.90 Å². The minimum Gasteiger partial charge on any atom is -0.381 e. The Labute approximate surface area is 141 Å². The van der Waals surface area contributed by atoms with Crippen molar-refractivity contribution in [3.63, 3.8) is 0 Å². The van der Waals surface area contributed by atoms with E-state index in [1.165, 1.54) is 5.56 Å². The fourth-order valence-corrected chi connectivity index (χ4v) is 3.57. The highest BCUT2D eigenvalue weighted by atomic mass is 16.5. The summed E-state index contributed by atoms with van der Waals surface area (Å²) in [6, 6.07) is 10.5. The van der Waals surface area contributed by atoms with Crippen LogP contribution in [0.25, 0.3) is 0 Å². The van der Waals surface area contributed by atoms with Crippen LogP contribution >= 0.6 is 0 Å². The van der Waals surface area contributed by atoms with Gasteiger partial charge in [-0.1, -0.05) is 35.5 Å². The molecule has 1 aromatic carbocycles. The first-order valence-electron chi connectivity index (χ1n) is 8.63. The van der Waals surface area contributed by atoms with Crippen molar-refractivity contribution in [2.75, 3.05) is 39.5 Å². The molecule has 0 bridgehead atoms. The van der Waals surface area contributed by atoms with Crippen LogP contribution in [-0.2, 0) is 21.4 Å². The van der Waals surface area contributed by atoms with Gasteiger partial charge < -0.3 is 14.0 Å². The molecule has 2 aliphatic rings. The number of hydrogen-bond acceptors (Lipinski definition) is 6. The lowest BCUT2D eigenvalue weighted by molar-refractivity contribution is 0.0327. The van der Waals surface area contributed by atoms with Gasteiger partial charge in [0.15, 0.2) is 5.82 Å². The van der Waals surface area contributed by atoms with Gasteiger partial charge >= 0.3 is 0 Å². The maximum absolute atomic E-state index is 5.73. The fourth-order valence-electron chi connectivity index (χ4n) is 3.57. The average molecular weight is 329 g/mol. The van der Waals surface area contributed by atoms with Crippen molar-refractivity contribution in [2.45, 2.75) is 24.8 Å². The zero-order valence-corrected chi connectivity index (χ0v) is 13.8. The molecule has 1 aromatic heterocycles. The molecule has 24 heavy (non-hydrogen) atoms. The average Bonchev–Trinajstić information content (AvgIpc) is 3.13. The van der Waals surface area contributed by atoms with Crippen molar-refractivity contribution in [3.05, 3.63) is 47.6 Å². The highest BCUT2D eigenvalue weighted by Crippen LogP contribution is 2.40.